The normalized spacial score (nSPS) is 14.0. The van der Waals surface area contributed by atoms with Crippen LogP contribution in [0.1, 0.15) is 70.6 Å². The van der Waals surface area contributed by atoms with E-state index in [0.29, 0.717) is 33.7 Å². The van der Waals surface area contributed by atoms with Crippen LogP contribution in [0.2, 0.25) is 15.1 Å². The number of aliphatic carboxylic acids is 1. The van der Waals surface area contributed by atoms with Crippen LogP contribution in [0.3, 0.4) is 0 Å². The molecule has 0 aliphatic carbocycles. The summed E-state index contributed by atoms with van der Waals surface area (Å²) < 4.78 is 0. The number of fused-ring (bicyclic) bond motifs is 1. The number of hydrogen-bond donors (Lipinski definition) is 2. The molecule has 204 valence electrons. The van der Waals surface area contributed by atoms with E-state index in [0.717, 1.165) is 35.1 Å². The van der Waals surface area contributed by atoms with Crippen LogP contribution >= 0.6 is 34.8 Å². The van der Waals surface area contributed by atoms with Gasteiger partial charge in [0.1, 0.15) is 0 Å². The number of carbonyl (C=O) groups excluding carboxylic acids is 2. The van der Waals surface area contributed by atoms with Crippen LogP contribution in [0.15, 0.2) is 60.7 Å². The van der Waals surface area contributed by atoms with Crippen molar-refractivity contribution < 1.29 is 19.5 Å². The van der Waals surface area contributed by atoms with Crippen molar-refractivity contribution >= 4 is 52.6 Å². The molecule has 2 N–H and O–H groups in total. The number of nitrogens with zero attached hydrogens (tertiary/aromatic N) is 1. The highest BCUT2D eigenvalue weighted by Gasteiger charge is 2.36. The molecule has 0 saturated carbocycles. The van der Waals surface area contributed by atoms with E-state index >= 15 is 0 Å². The van der Waals surface area contributed by atoms with Gasteiger partial charge in [0, 0.05) is 30.2 Å². The summed E-state index contributed by atoms with van der Waals surface area (Å²) in [7, 11) is 0. The zero-order valence-electron chi connectivity index (χ0n) is 21.4. The van der Waals surface area contributed by atoms with Crippen LogP contribution in [-0.2, 0) is 22.7 Å². The summed E-state index contributed by atoms with van der Waals surface area (Å²) in [6.07, 6.45) is 1.45. The van der Waals surface area contributed by atoms with Crippen LogP contribution in [-0.4, -0.2) is 34.3 Å². The first-order valence-corrected chi connectivity index (χ1v) is 13.9. The molecule has 0 fully saturated rings. The lowest BCUT2D eigenvalue weighted by Gasteiger charge is -2.31. The number of benzene rings is 3. The minimum absolute atomic E-state index is 0.0188. The molecule has 2 atom stereocenters. The van der Waals surface area contributed by atoms with Crippen LogP contribution in [0, 0.1) is 0 Å². The Labute approximate surface area is 242 Å². The van der Waals surface area contributed by atoms with Gasteiger partial charge in [-0.25, -0.2) is 0 Å². The van der Waals surface area contributed by atoms with Gasteiger partial charge < -0.3 is 15.3 Å². The molecule has 39 heavy (non-hydrogen) atoms. The number of carbonyl (C=O) groups is 3. The first-order chi connectivity index (χ1) is 18.7. The molecular formula is C30H29Cl3N2O4. The van der Waals surface area contributed by atoms with E-state index in [1.54, 1.807) is 30.3 Å². The van der Waals surface area contributed by atoms with Crippen molar-refractivity contribution in [2.75, 3.05) is 6.54 Å². The van der Waals surface area contributed by atoms with Gasteiger partial charge in [-0.3, -0.25) is 14.4 Å². The SMILES string of the molecule is CCCC(c1ccc(C(=O)NCCC(=O)O)cc1)C(C(=O)N1Cc2ccc(Cl)c(Cl)c2C1)c1ccc(Cl)cc1. The molecule has 0 aromatic heterocycles. The minimum atomic E-state index is -0.975. The maximum atomic E-state index is 14.2. The van der Waals surface area contributed by atoms with Crippen LogP contribution in [0.5, 0.6) is 0 Å². The fraction of sp³-hybridized carbons (Fsp3) is 0.300. The van der Waals surface area contributed by atoms with Crippen molar-refractivity contribution in [3.63, 3.8) is 0 Å². The van der Waals surface area contributed by atoms with E-state index in [4.69, 9.17) is 39.9 Å². The number of carboxylic acid groups (broad SMARTS) is 1. The molecule has 3 aromatic rings. The first-order valence-electron chi connectivity index (χ1n) is 12.8. The van der Waals surface area contributed by atoms with Crippen LogP contribution < -0.4 is 5.32 Å². The average molecular weight is 588 g/mol. The van der Waals surface area contributed by atoms with Crippen LogP contribution in [0.4, 0.5) is 0 Å². The van der Waals surface area contributed by atoms with Gasteiger partial charge in [0.05, 0.1) is 22.4 Å². The van der Waals surface area contributed by atoms with E-state index in [-0.39, 0.29) is 30.7 Å². The summed E-state index contributed by atoms with van der Waals surface area (Å²) in [5.74, 6) is -1.98. The van der Waals surface area contributed by atoms with Gasteiger partial charge >= 0.3 is 5.97 Å². The zero-order chi connectivity index (χ0) is 28.1. The summed E-state index contributed by atoms with van der Waals surface area (Å²) in [5, 5.41) is 13.0. The van der Waals surface area contributed by atoms with E-state index in [1.165, 1.54) is 0 Å². The zero-order valence-corrected chi connectivity index (χ0v) is 23.7. The van der Waals surface area contributed by atoms with Crippen molar-refractivity contribution in [3.05, 3.63) is 104 Å². The molecule has 0 radical (unpaired) electrons. The third kappa shape index (κ3) is 6.75. The van der Waals surface area contributed by atoms with Crippen molar-refractivity contribution in [3.8, 4) is 0 Å². The Kier molecular flexibility index (Phi) is 9.54. The fourth-order valence-electron chi connectivity index (χ4n) is 5.08. The van der Waals surface area contributed by atoms with Gasteiger partial charge in [-0.2, -0.15) is 0 Å². The highest BCUT2D eigenvalue weighted by molar-refractivity contribution is 6.42. The monoisotopic (exact) mass is 586 g/mol. The second kappa shape index (κ2) is 12.9. The van der Waals surface area contributed by atoms with Crippen LogP contribution in [0.25, 0.3) is 0 Å². The lowest BCUT2D eigenvalue weighted by Crippen LogP contribution is -2.34. The molecule has 6 nitrogen and oxygen atoms in total. The topological polar surface area (TPSA) is 86.7 Å². The smallest absolute Gasteiger partial charge is 0.305 e. The van der Waals surface area contributed by atoms with Crippen molar-refractivity contribution in [2.45, 2.75) is 51.1 Å². The predicted molar refractivity (Wildman–Crippen MR) is 154 cm³/mol. The maximum Gasteiger partial charge on any atom is 0.305 e. The number of amides is 2. The van der Waals surface area contributed by atoms with Gasteiger partial charge in [-0.05, 0) is 64.9 Å². The van der Waals surface area contributed by atoms with Crippen molar-refractivity contribution in [1.29, 1.82) is 0 Å². The lowest BCUT2D eigenvalue weighted by molar-refractivity contribution is -0.137. The number of halogens is 3. The second-order valence-corrected chi connectivity index (χ2v) is 10.9. The molecule has 4 rings (SSSR count). The third-order valence-electron chi connectivity index (χ3n) is 7.04. The Hall–Kier alpha value is -3.06. The van der Waals surface area contributed by atoms with Crippen molar-refractivity contribution in [1.82, 2.24) is 10.2 Å². The summed E-state index contributed by atoms with van der Waals surface area (Å²) in [4.78, 5) is 39.3. The Morgan fingerprint density at radius 2 is 1.59 bits per heavy atom. The van der Waals surface area contributed by atoms with Gasteiger partial charge in [-0.15, -0.1) is 0 Å². The summed E-state index contributed by atoms with van der Waals surface area (Å²) in [5.41, 5.74) is 4.08. The fourth-order valence-corrected chi connectivity index (χ4v) is 5.62. The number of carboxylic acids is 1. The summed E-state index contributed by atoms with van der Waals surface area (Å²) >= 11 is 18.9. The molecule has 1 aliphatic heterocycles. The van der Waals surface area contributed by atoms with Gasteiger partial charge in [0.15, 0.2) is 0 Å². The Morgan fingerprint density at radius 1 is 0.923 bits per heavy atom. The summed E-state index contributed by atoms with van der Waals surface area (Å²) in [6.45, 7) is 2.96. The number of rotatable bonds is 10. The van der Waals surface area contributed by atoms with E-state index in [2.05, 4.69) is 12.2 Å². The average Bonchev–Trinajstić information content (AvgIpc) is 3.36. The molecule has 0 bridgehead atoms. The second-order valence-electron chi connectivity index (χ2n) is 9.64. The molecule has 1 heterocycles. The number of nitrogens with one attached hydrogen (secondary N) is 1. The highest BCUT2D eigenvalue weighted by atomic mass is 35.5. The molecule has 9 heteroatoms. The molecule has 0 spiro atoms. The van der Waals surface area contributed by atoms with E-state index in [9.17, 15) is 14.4 Å². The Balaban J connectivity index is 1.64. The van der Waals surface area contributed by atoms with Gasteiger partial charge in [-0.1, -0.05) is 78.5 Å². The molecule has 1 aliphatic rings. The predicted octanol–water partition coefficient (Wildman–Crippen LogP) is 7.06. The standard InChI is InChI=1S/C30H29Cl3N2O4/c1-2-3-23(18-4-6-20(7-5-18)29(38)34-15-14-26(36)37)27(19-8-11-22(31)12-9-19)30(39)35-16-21-10-13-25(32)28(33)24(21)17-35/h4-13,23,27H,2-3,14-17H2,1H3,(H,34,38)(H,36,37). The summed E-state index contributed by atoms with van der Waals surface area (Å²) in [6, 6.07) is 18.2. The van der Waals surface area contributed by atoms with Gasteiger partial charge in [0.25, 0.3) is 5.91 Å². The molecule has 3 aromatic carbocycles. The molecule has 0 saturated heterocycles. The van der Waals surface area contributed by atoms with Gasteiger partial charge in [0.2, 0.25) is 5.91 Å². The molecule has 2 amide bonds. The first kappa shape index (κ1) is 28.9. The van der Waals surface area contributed by atoms with Crippen molar-refractivity contribution in [2.24, 2.45) is 0 Å². The molecular weight excluding hydrogens is 559 g/mol. The van der Waals surface area contributed by atoms with E-state index < -0.39 is 11.9 Å². The van der Waals surface area contributed by atoms with E-state index in [1.807, 2.05) is 35.2 Å². The quantitative estimate of drug-likeness (QED) is 0.266. The lowest BCUT2D eigenvalue weighted by atomic mass is 9.77. The Bertz CT molecular complexity index is 1360. The highest BCUT2D eigenvalue weighted by Crippen LogP contribution is 2.41. The third-order valence-corrected chi connectivity index (χ3v) is 8.13. The molecule has 2 unspecified atom stereocenters. The Morgan fingerprint density at radius 3 is 2.23 bits per heavy atom. The maximum absolute atomic E-state index is 14.2. The minimum Gasteiger partial charge on any atom is -0.481 e. The number of hydrogen-bond acceptors (Lipinski definition) is 3. The largest absolute Gasteiger partial charge is 0.481 e.